The van der Waals surface area contributed by atoms with Crippen LogP contribution >= 0.6 is 11.6 Å². The topological polar surface area (TPSA) is 39.1 Å². The number of nitrogens with one attached hydrogen (secondary N) is 1. The minimum atomic E-state index is 0.563. The molecule has 1 fully saturated rings. The van der Waals surface area contributed by atoms with E-state index in [0.29, 0.717) is 5.92 Å². The summed E-state index contributed by atoms with van der Waals surface area (Å²) in [5.41, 5.74) is 2.02. The molecule has 1 aliphatic heterocycles. The van der Waals surface area contributed by atoms with Gasteiger partial charge in [0.1, 0.15) is 0 Å². The van der Waals surface area contributed by atoms with Gasteiger partial charge in [-0.2, -0.15) is 5.10 Å². The van der Waals surface area contributed by atoms with Crippen LogP contribution in [0.25, 0.3) is 5.69 Å². The normalized spacial score (nSPS) is 18.9. The fraction of sp³-hybridized carbons (Fsp3) is 0.400. The molecule has 0 aliphatic carbocycles. The van der Waals surface area contributed by atoms with Crippen molar-refractivity contribution in [2.45, 2.75) is 12.8 Å². The largest absolute Gasteiger partial charge is 0.383 e. The number of anilines is 1. The highest BCUT2D eigenvalue weighted by atomic mass is 35.5. The zero-order valence-corrected chi connectivity index (χ0v) is 12.0. The Morgan fingerprint density at radius 1 is 1.45 bits per heavy atom. The molecule has 1 aromatic carbocycles. The number of nitrogens with zero attached hydrogens (tertiary/aromatic N) is 2. The molecule has 2 heterocycles. The van der Waals surface area contributed by atoms with Crippen molar-refractivity contribution in [3.8, 4) is 5.69 Å². The summed E-state index contributed by atoms with van der Waals surface area (Å²) in [6.07, 6.45) is 6.06. The zero-order chi connectivity index (χ0) is 13.8. The van der Waals surface area contributed by atoms with Gasteiger partial charge in [0.25, 0.3) is 0 Å². The molecule has 1 N–H and O–H groups in total. The van der Waals surface area contributed by atoms with E-state index >= 15 is 0 Å². The van der Waals surface area contributed by atoms with Gasteiger partial charge in [0.15, 0.2) is 0 Å². The Hall–Kier alpha value is -1.52. The van der Waals surface area contributed by atoms with Crippen LogP contribution in [-0.4, -0.2) is 29.5 Å². The first kappa shape index (κ1) is 13.5. The van der Waals surface area contributed by atoms with Crippen molar-refractivity contribution in [2.24, 2.45) is 5.92 Å². The summed E-state index contributed by atoms with van der Waals surface area (Å²) in [5, 5.41) is 8.49. The third-order valence-electron chi connectivity index (χ3n) is 3.55. The van der Waals surface area contributed by atoms with Gasteiger partial charge in [-0.1, -0.05) is 11.6 Å². The standard InChI is InChI=1S/C15H18ClN3O/c16-13-4-5-15(19-7-2-6-18-19)14(9-13)17-10-12-3-1-8-20-11-12/h2,4-7,9,12,17H,1,3,8,10-11H2. The number of aromatic nitrogens is 2. The lowest BCUT2D eigenvalue weighted by atomic mass is 10.0. The van der Waals surface area contributed by atoms with E-state index in [2.05, 4.69) is 10.4 Å². The Kier molecular flexibility index (Phi) is 4.23. The van der Waals surface area contributed by atoms with Gasteiger partial charge in [0.05, 0.1) is 18.0 Å². The monoisotopic (exact) mass is 291 g/mol. The van der Waals surface area contributed by atoms with Crippen LogP contribution < -0.4 is 5.32 Å². The van der Waals surface area contributed by atoms with E-state index < -0.39 is 0 Å². The summed E-state index contributed by atoms with van der Waals surface area (Å²) in [4.78, 5) is 0. The number of ether oxygens (including phenoxy) is 1. The first-order valence-corrected chi connectivity index (χ1v) is 7.32. The molecule has 4 nitrogen and oxygen atoms in total. The Labute approximate surface area is 123 Å². The molecular formula is C15H18ClN3O. The first-order valence-electron chi connectivity index (χ1n) is 6.94. The number of hydrogen-bond acceptors (Lipinski definition) is 3. The number of benzene rings is 1. The second kappa shape index (κ2) is 6.29. The predicted molar refractivity (Wildman–Crippen MR) is 80.6 cm³/mol. The fourth-order valence-corrected chi connectivity index (χ4v) is 2.66. The molecule has 1 saturated heterocycles. The zero-order valence-electron chi connectivity index (χ0n) is 11.3. The molecule has 106 valence electrons. The van der Waals surface area contributed by atoms with Crippen molar-refractivity contribution in [3.05, 3.63) is 41.7 Å². The van der Waals surface area contributed by atoms with E-state index in [0.717, 1.165) is 42.6 Å². The summed E-state index contributed by atoms with van der Waals surface area (Å²) in [6, 6.07) is 7.72. The smallest absolute Gasteiger partial charge is 0.0877 e. The van der Waals surface area contributed by atoms with Crippen LogP contribution in [0.2, 0.25) is 5.02 Å². The Bertz CT molecular complexity index is 550. The molecule has 20 heavy (non-hydrogen) atoms. The Morgan fingerprint density at radius 3 is 3.15 bits per heavy atom. The maximum absolute atomic E-state index is 6.11. The lowest BCUT2D eigenvalue weighted by molar-refractivity contribution is 0.0595. The van der Waals surface area contributed by atoms with Crippen molar-refractivity contribution in [3.63, 3.8) is 0 Å². The van der Waals surface area contributed by atoms with Crippen LogP contribution in [0.1, 0.15) is 12.8 Å². The Balaban J connectivity index is 1.75. The summed E-state index contributed by atoms with van der Waals surface area (Å²) in [7, 11) is 0. The van der Waals surface area contributed by atoms with Crippen LogP contribution in [-0.2, 0) is 4.74 Å². The molecule has 1 aromatic heterocycles. The minimum absolute atomic E-state index is 0.563. The molecule has 0 bridgehead atoms. The highest BCUT2D eigenvalue weighted by molar-refractivity contribution is 6.31. The number of rotatable bonds is 4. The molecule has 3 rings (SSSR count). The predicted octanol–water partition coefficient (Wildman–Crippen LogP) is 3.36. The lowest BCUT2D eigenvalue weighted by Gasteiger charge is -2.23. The van der Waals surface area contributed by atoms with Gasteiger partial charge in [0, 0.05) is 30.6 Å². The van der Waals surface area contributed by atoms with E-state index in [4.69, 9.17) is 16.3 Å². The third kappa shape index (κ3) is 3.14. The molecule has 1 unspecified atom stereocenters. The van der Waals surface area contributed by atoms with Gasteiger partial charge in [-0.05, 0) is 43.0 Å². The van der Waals surface area contributed by atoms with Crippen molar-refractivity contribution in [2.75, 3.05) is 25.1 Å². The summed E-state index contributed by atoms with van der Waals surface area (Å²) < 4.78 is 7.36. The molecule has 0 amide bonds. The molecule has 5 heteroatoms. The second-order valence-electron chi connectivity index (χ2n) is 5.08. The van der Waals surface area contributed by atoms with E-state index in [1.807, 2.05) is 35.1 Å². The highest BCUT2D eigenvalue weighted by Crippen LogP contribution is 2.25. The lowest BCUT2D eigenvalue weighted by Crippen LogP contribution is -2.24. The summed E-state index contributed by atoms with van der Waals surface area (Å²) >= 11 is 6.11. The van der Waals surface area contributed by atoms with E-state index in [1.165, 1.54) is 6.42 Å². The molecule has 0 radical (unpaired) electrons. The average molecular weight is 292 g/mol. The second-order valence-corrected chi connectivity index (χ2v) is 5.51. The average Bonchev–Trinajstić information content (AvgIpc) is 3.00. The fourth-order valence-electron chi connectivity index (χ4n) is 2.48. The van der Waals surface area contributed by atoms with E-state index in [-0.39, 0.29) is 0 Å². The molecule has 0 saturated carbocycles. The SMILES string of the molecule is Clc1ccc(-n2cccn2)c(NCC2CCCOC2)c1. The van der Waals surface area contributed by atoms with E-state index in [9.17, 15) is 0 Å². The van der Waals surface area contributed by atoms with Gasteiger partial charge >= 0.3 is 0 Å². The van der Waals surface area contributed by atoms with Gasteiger partial charge in [0.2, 0.25) is 0 Å². The van der Waals surface area contributed by atoms with Crippen molar-refractivity contribution < 1.29 is 4.74 Å². The van der Waals surface area contributed by atoms with Gasteiger partial charge < -0.3 is 10.1 Å². The maximum atomic E-state index is 6.11. The molecule has 1 aliphatic rings. The molecule has 1 atom stereocenters. The van der Waals surface area contributed by atoms with Crippen LogP contribution in [0, 0.1) is 5.92 Å². The van der Waals surface area contributed by atoms with Crippen LogP contribution in [0.4, 0.5) is 5.69 Å². The van der Waals surface area contributed by atoms with Gasteiger partial charge in [-0.3, -0.25) is 0 Å². The minimum Gasteiger partial charge on any atom is -0.383 e. The van der Waals surface area contributed by atoms with E-state index in [1.54, 1.807) is 6.20 Å². The quantitative estimate of drug-likeness (QED) is 0.939. The highest BCUT2D eigenvalue weighted by Gasteiger charge is 2.14. The summed E-state index contributed by atoms with van der Waals surface area (Å²) in [6.45, 7) is 2.63. The third-order valence-corrected chi connectivity index (χ3v) is 3.78. The number of halogens is 1. The number of hydrogen-bond donors (Lipinski definition) is 1. The van der Waals surface area contributed by atoms with Crippen molar-refractivity contribution >= 4 is 17.3 Å². The van der Waals surface area contributed by atoms with Crippen LogP contribution in [0.3, 0.4) is 0 Å². The Morgan fingerprint density at radius 2 is 2.40 bits per heavy atom. The molecular weight excluding hydrogens is 274 g/mol. The molecule has 0 spiro atoms. The maximum Gasteiger partial charge on any atom is 0.0877 e. The van der Waals surface area contributed by atoms with Crippen molar-refractivity contribution in [1.29, 1.82) is 0 Å². The van der Waals surface area contributed by atoms with Crippen molar-refractivity contribution in [1.82, 2.24) is 9.78 Å². The van der Waals surface area contributed by atoms with Gasteiger partial charge in [-0.15, -0.1) is 0 Å². The van der Waals surface area contributed by atoms with Crippen LogP contribution in [0.5, 0.6) is 0 Å². The summed E-state index contributed by atoms with van der Waals surface area (Å²) in [5.74, 6) is 0.563. The molecule has 2 aromatic rings. The van der Waals surface area contributed by atoms with Crippen LogP contribution in [0.15, 0.2) is 36.7 Å². The first-order chi connectivity index (χ1) is 9.83. The van der Waals surface area contributed by atoms with Gasteiger partial charge in [-0.25, -0.2) is 4.68 Å².